The molecule has 0 radical (unpaired) electrons. The Labute approximate surface area is 172 Å². The molecule has 3 rings (SSSR count). The Kier molecular flexibility index (Phi) is 8.47. The van der Waals surface area contributed by atoms with Crippen molar-refractivity contribution in [1.82, 2.24) is 9.80 Å². The fourth-order valence-corrected chi connectivity index (χ4v) is 4.63. The van der Waals surface area contributed by atoms with Crippen LogP contribution in [0.25, 0.3) is 0 Å². The highest BCUT2D eigenvalue weighted by atomic mass is 32.1. The summed E-state index contributed by atoms with van der Waals surface area (Å²) in [6.07, 6.45) is 0.0894. The Morgan fingerprint density at radius 1 is 1.31 bits per heavy atom. The van der Waals surface area contributed by atoms with Crippen LogP contribution in [-0.4, -0.2) is 71.8 Å². The van der Waals surface area contributed by atoms with Gasteiger partial charge in [0.25, 0.3) is 0 Å². The fraction of sp³-hybridized carbons (Fsp3) is 0.684. The van der Waals surface area contributed by atoms with E-state index in [0.717, 1.165) is 45.4 Å². The lowest BCUT2D eigenvalue weighted by molar-refractivity contribution is -0.192. The van der Waals surface area contributed by atoms with Gasteiger partial charge in [0.1, 0.15) is 0 Å². The molecule has 2 saturated heterocycles. The van der Waals surface area contributed by atoms with Crippen molar-refractivity contribution >= 4 is 23.2 Å². The molecule has 2 aliphatic rings. The van der Waals surface area contributed by atoms with Gasteiger partial charge in [0.15, 0.2) is 0 Å². The van der Waals surface area contributed by atoms with E-state index in [1.165, 1.54) is 12.0 Å². The van der Waals surface area contributed by atoms with Gasteiger partial charge < -0.3 is 14.7 Å². The maximum absolute atomic E-state index is 12.3. The van der Waals surface area contributed by atoms with E-state index in [0.29, 0.717) is 18.9 Å². The quantitative estimate of drug-likeness (QED) is 0.767. The maximum atomic E-state index is 12.3. The Hall–Kier alpha value is -1.65. The number of aliphatic carboxylic acids is 1. The number of amides is 1. The minimum Gasteiger partial charge on any atom is -0.475 e. The lowest BCUT2D eigenvalue weighted by atomic mass is 9.88. The predicted molar refractivity (Wildman–Crippen MR) is 103 cm³/mol. The van der Waals surface area contributed by atoms with Crippen molar-refractivity contribution in [3.63, 3.8) is 0 Å². The van der Waals surface area contributed by atoms with Crippen molar-refractivity contribution in [3.05, 3.63) is 22.4 Å². The number of nitrogens with zero attached hydrogens (tertiary/aromatic N) is 2. The van der Waals surface area contributed by atoms with Crippen LogP contribution >= 0.6 is 11.3 Å². The molecular formula is C19H27F3N2O4S. The lowest BCUT2D eigenvalue weighted by Gasteiger charge is -2.38. The summed E-state index contributed by atoms with van der Waals surface area (Å²) in [6.45, 7) is 4.67. The molecule has 0 saturated carbocycles. The van der Waals surface area contributed by atoms with E-state index in [9.17, 15) is 18.0 Å². The Balaban J connectivity index is 0.000000370. The third-order valence-electron chi connectivity index (χ3n) is 5.44. The molecule has 1 N–H and O–H groups in total. The largest absolute Gasteiger partial charge is 0.490 e. The summed E-state index contributed by atoms with van der Waals surface area (Å²) in [5.41, 5.74) is 1.51. The standard InChI is InChI=1S/C17H26N2O2S.C2HF3O2/c1-21-11-10-19-16(20)3-6-17(19)5-2-8-18(9-7-17)13-15-4-12-22-14-15;3-2(4,5)1(6)7/h4,12,14H,2-3,5-11,13H2,1H3;(H,6,7). The van der Waals surface area contributed by atoms with Gasteiger partial charge in [-0.2, -0.15) is 24.5 Å². The van der Waals surface area contributed by atoms with Crippen LogP contribution in [0.15, 0.2) is 16.8 Å². The molecule has 6 nitrogen and oxygen atoms in total. The molecule has 1 aromatic rings. The van der Waals surface area contributed by atoms with E-state index in [1.54, 1.807) is 18.4 Å². The highest BCUT2D eigenvalue weighted by molar-refractivity contribution is 7.07. The van der Waals surface area contributed by atoms with Crippen LogP contribution in [0, 0.1) is 0 Å². The molecule has 29 heavy (non-hydrogen) atoms. The van der Waals surface area contributed by atoms with Crippen LogP contribution in [0.1, 0.15) is 37.7 Å². The number of carbonyl (C=O) groups excluding carboxylic acids is 1. The average Bonchev–Trinajstić information content (AvgIpc) is 3.20. The first-order chi connectivity index (χ1) is 13.7. The minimum absolute atomic E-state index is 0.0962. The van der Waals surface area contributed by atoms with Gasteiger partial charge in [0.2, 0.25) is 5.91 Å². The number of carbonyl (C=O) groups is 2. The van der Waals surface area contributed by atoms with Crippen LogP contribution in [-0.2, 0) is 20.9 Å². The second-order valence-electron chi connectivity index (χ2n) is 7.33. The molecule has 2 fully saturated rings. The molecule has 1 unspecified atom stereocenters. The monoisotopic (exact) mass is 436 g/mol. The molecule has 0 bridgehead atoms. The van der Waals surface area contributed by atoms with Gasteiger partial charge in [0.05, 0.1) is 6.61 Å². The van der Waals surface area contributed by atoms with Gasteiger partial charge in [-0.15, -0.1) is 0 Å². The van der Waals surface area contributed by atoms with E-state index in [-0.39, 0.29) is 5.54 Å². The maximum Gasteiger partial charge on any atom is 0.490 e. The zero-order valence-electron chi connectivity index (χ0n) is 16.4. The summed E-state index contributed by atoms with van der Waals surface area (Å²) < 4.78 is 36.9. The van der Waals surface area contributed by atoms with E-state index in [4.69, 9.17) is 14.6 Å². The molecule has 164 valence electrons. The first-order valence-corrected chi connectivity index (χ1v) is 10.5. The first kappa shape index (κ1) is 23.6. The van der Waals surface area contributed by atoms with Crippen LogP contribution < -0.4 is 0 Å². The number of carboxylic acid groups (broad SMARTS) is 1. The van der Waals surface area contributed by atoms with Crippen molar-refractivity contribution in [2.45, 2.75) is 50.4 Å². The van der Waals surface area contributed by atoms with Gasteiger partial charge in [-0.1, -0.05) is 0 Å². The second kappa shape index (κ2) is 10.4. The molecule has 2 aliphatic heterocycles. The third-order valence-corrected chi connectivity index (χ3v) is 6.17. The minimum atomic E-state index is -5.08. The van der Waals surface area contributed by atoms with Crippen molar-refractivity contribution in [2.75, 3.05) is 33.4 Å². The average molecular weight is 436 g/mol. The number of ether oxygens (including phenoxy) is 1. The number of halogens is 3. The summed E-state index contributed by atoms with van der Waals surface area (Å²) >= 11 is 1.77. The predicted octanol–water partition coefficient (Wildman–Crippen LogP) is 3.37. The smallest absolute Gasteiger partial charge is 0.475 e. The van der Waals surface area contributed by atoms with Gasteiger partial charge >= 0.3 is 12.1 Å². The van der Waals surface area contributed by atoms with Crippen molar-refractivity contribution < 1.29 is 32.6 Å². The summed E-state index contributed by atoms with van der Waals surface area (Å²) in [6, 6.07) is 2.22. The molecule has 0 aliphatic carbocycles. The molecule has 0 aromatic carbocycles. The Morgan fingerprint density at radius 2 is 2.03 bits per heavy atom. The normalized spacial score (nSPS) is 23.0. The van der Waals surface area contributed by atoms with E-state index in [2.05, 4.69) is 26.6 Å². The highest BCUT2D eigenvalue weighted by Crippen LogP contribution is 2.39. The highest BCUT2D eigenvalue weighted by Gasteiger charge is 2.45. The van der Waals surface area contributed by atoms with E-state index in [1.807, 2.05) is 0 Å². The number of thiophene rings is 1. The van der Waals surface area contributed by atoms with E-state index >= 15 is 0 Å². The van der Waals surface area contributed by atoms with Crippen LogP contribution in [0.3, 0.4) is 0 Å². The number of alkyl halides is 3. The van der Waals surface area contributed by atoms with Gasteiger partial charge in [-0.05, 0) is 54.6 Å². The Bertz CT molecular complexity index is 669. The number of methoxy groups -OCH3 is 1. The summed E-state index contributed by atoms with van der Waals surface area (Å²) in [4.78, 5) is 25.8. The molecular weight excluding hydrogens is 409 g/mol. The summed E-state index contributed by atoms with van der Waals surface area (Å²) in [7, 11) is 1.71. The summed E-state index contributed by atoms with van der Waals surface area (Å²) in [5, 5.41) is 11.5. The second-order valence-corrected chi connectivity index (χ2v) is 8.11. The molecule has 1 atom stereocenters. The number of carboxylic acids is 1. The Morgan fingerprint density at radius 3 is 2.62 bits per heavy atom. The number of hydrogen-bond acceptors (Lipinski definition) is 5. The van der Waals surface area contributed by atoms with Crippen LogP contribution in [0.5, 0.6) is 0 Å². The zero-order chi connectivity index (χ0) is 21.5. The van der Waals surface area contributed by atoms with Crippen molar-refractivity contribution in [2.24, 2.45) is 0 Å². The SMILES string of the molecule is COCCN1C(=O)CCC12CCCN(Cc1ccsc1)CC2.O=C(O)C(F)(F)F. The first-order valence-electron chi connectivity index (χ1n) is 9.51. The zero-order valence-corrected chi connectivity index (χ0v) is 17.2. The fourth-order valence-electron chi connectivity index (χ4n) is 3.97. The van der Waals surface area contributed by atoms with Crippen LogP contribution in [0.2, 0.25) is 0 Å². The topological polar surface area (TPSA) is 70.1 Å². The molecule has 1 amide bonds. The number of hydrogen-bond donors (Lipinski definition) is 1. The van der Waals surface area contributed by atoms with Gasteiger partial charge in [-0.25, -0.2) is 4.79 Å². The molecule has 10 heteroatoms. The van der Waals surface area contributed by atoms with Gasteiger partial charge in [0, 0.05) is 38.7 Å². The summed E-state index contributed by atoms with van der Waals surface area (Å²) in [5.74, 6) is -2.43. The van der Waals surface area contributed by atoms with Crippen molar-refractivity contribution in [1.29, 1.82) is 0 Å². The molecule has 1 aromatic heterocycles. The van der Waals surface area contributed by atoms with Gasteiger partial charge in [-0.3, -0.25) is 9.69 Å². The number of rotatable bonds is 5. The van der Waals surface area contributed by atoms with E-state index < -0.39 is 12.1 Å². The van der Waals surface area contributed by atoms with Crippen LogP contribution in [0.4, 0.5) is 13.2 Å². The van der Waals surface area contributed by atoms with Crippen molar-refractivity contribution in [3.8, 4) is 0 Å². The molecule has 3 heterocycles. The third kappa shape index (κ3) is 6.68. The lowest BCUT2D eigenvalue weighted by Crippen LogP contribution is -2.47. The molecule has 1 spiro atoms. The number of likely N-dealkylation sites (tertiary alicyclic amines) is 2.